The van der Waals surface area contributed by atoms with Crippen molar-refractivity contribution in [1.29, 1.82) is 0 Å². The molecule has 2 nitrogen and oxygen atoms in total. The van der Waals surface area contributed by atoms with E-state index < -0.39 is 0 Å². The van der Waals surface area contributed by atoms with Crippen molar-refractivity contribution in [1.82, 2.24) is 0 Å². The topological polar surface area (TPSA) is 26.3 Å². The second-order valence-corrected chi connectivity index (χ2v) is 4.09. The normalized spacial score (nSPS) is 10.6. The van der Waals surface area contributed by atoms with Crippen LogP contribution >= 0.6 is 0 Å². The number of hydrogen-bond acceptors (Lipinski definition) is 2. The van der Waals surface area contributed by atoms with E-state index in [0.29, 0.717) is 6.61 Å². The Balaban J connectivity index is 3.10. The molecule has 0 saturated heterocycles. The third kappa shape index (κ3) is 8.09. The van der Waals surface area contributed by atoms with Crippen molar-refractivity contribution < 1.29 is 9.53 Å². The zero-order chi connectivity index (χ0) is 10.8. The minimum absolute atomic E-state index is 0.00934. The van der Waals surface area contributed by atoms with Crippen LogP contribution in [0.25, 0.3) is 0 Å². The van der Waals surface area contributed by atoms with E-state index in [4.69, 9.17) is 4.74 Å². The lowest BCUT2D eigenvalue weighted by atomic mass is 10.1. The molecule has 0 unspecified atom stereocenters. The van der Waals surface area contributed by atoms with Crippen LogP contribution < -0.4 is 0 Å². The van der Waals surface area contributed by atoms with Gasteiger partial charge >= 0.3 is 5.97 Å². The van der Waals surface area contributed by atoms with Crippen LogP contribution in [-0.2, 0) is 9.53 Å². The molecule has 0 aliphatic carbocycles. The Labute approximate surface area is 88.0 Å². The van der Waals surface area contributed by atoms with Gasteiger partial charge in [0, 0.05) is 0 Å². The van der Waals surface area contributed by atoms with Crippen molar-refractivity contribution in [3.63, 3.8) is 0 Å². The minimum atomic E-state index is -0.0708. The molecule has 14 heavy (non-hydrogen) atoms. The summed E-state index contributed by atoms with van der Waals surface area (Å²) in [5.41, 5.74) is 0. The Morgan fingerprint density at radius 2 is 1.64 bits per heavy atom. The molecule has 0 N–H and O–H groups in total. The lowest BCUT2D eigenvalue weighted by molar-refractivity contribution is -0.147. The molecule has 0 bridgehead atoms. The van der Waals surface area contributed by atoms with E-state index in [9.17, 15) is 4.79 Å². The van der Waals surface area contributed by atoms with Gasteiger partial charge < -0.3 is 4.74 Å². The molecule has 0 heterocycles. The lowest BCUT2D eigenvalue weighted by Gasteiger charge is -2.06. The zero-order valence-corrected chi connectivity index (χ0v) is 9.84. The number of unbranched alkanes of at least 4 members (excludes halogenated alkanes) is 5. The fourth-order valence-corrected chi connectivity index (χ4v) is 1.22. The van der Waals surface area contributed by atoms with Crippen molar-refractivity contribution in [2.75, 3.05) is 6.61 Å². The van der Waals surface area contributed by atoms with E-state index in [1.807, 2.05) is 13.8 Å². The Morgan fingerprint density at radius 1 is 1.07 bits per heavy atom. The van der Waals surface area contributed by atoms with Crippen LogP contribution in [0.15, 0.2) is 0 Å². The Kier molecular flexibility index (Phi) is 8.70. The highest BCUT2D eigenvalue weighted by Gasteiger charge is 2.06. The second kappa shape index (κ2) is 9.04. The smallest absolute Gasteiger partial charge is 0.308 e. The quantitative estimate of drug-likeness (QED) is 0.442. The summed E-state index contributed by atoms with van der Waals surface area (Å²) < 4.78 is 5.07. The fraction of sp³-hybridized carbons (Fsp3) is 0.917. The van der Waals surface area contributed by atoms with Crippen LogP contribution in [0.2, 0.25) is 0 Å². The molecule has 0 amide bonds. The summed E-state index contributed by atoms with van der Waals surface area (Å²) in [6.07, 6.45) is 7.39. The van der Waals surface area contributed by atoms with Gasteiger partial charge in [0.1, 0.15) is 0 Å². The molecule has 0 aliphatic heterocycles. The van der Waals surface area contributed by atoms with Crippen LogP contribution in [0.1, 0.15) is 59.3 Å². The maximum absolute atomic E-state index is 11.1. The third-order valence-corrected chi connectivity index (χ3v) is 2.21. The molecule has 0 aromatic rings. The van der Waals surface area contributed by atoms with E-state index in [1.54, 1.807) is 0 Å². The van der Waals surface area contributed by atoms with E-state index in [0.717, 1.165) is 6.42 Å². The summed E-state index contributed by atoms with van der Waals surface area (Å²) in [6.45, 7) is 6.54. The Morgan fingerprint density at radius 3 is 2.21 bits per heavy atom. The number of ether oxygens (including phenoxy) is 1. The van der Waals surface area contributed by atoms with E-state index in [1.165, 1.54) is 32.1 Å². The summed E-state index contributed by atoms with van der Waals surface area (Å²) in [5, 5.41) is 0. The van der Waals surface area contributed by atoms with Gasteiger partial charge in [-0.1, -0.05) is 52.9 Å². The van der Waals surface area contributed by atoms with Crippen molar-refractivity contribution in [3.05, 3.63) is 0 Å². The standard InChI is InChI=1S/C12H24O2/c1-4-5-6-7-8-9-10-14-12(13)11(2)3/h11H,4-10H2,1-3H3. The van der Waals surface area contributed by atoms with Crippen LogP contribution in [0.3, 0.4) is 0 Å². The first-order valence-electron chi connectivity index (χ1n) is 5.85. The SMILES string of the molecule is CCCCCCCCOC(=O)C(C)C. The number of esters is 1. The molecule has 0 radical (unpaired) electrons. The summed E-state index contributed by atoms with van der Waals surface area (Å²) >= 11 is 0. The van der Waals surface area contributed by atoms with Crippen LogP contribution in [-0.4, -0.2) is 12.6 Å². The predicted octanol–water partition coefficient (Wildman–Crippen LogP) is 3.55. The number of hydrogen-bond donors (Lipinski definition) is 0. The summed E-state index contributed by atoms with van der Waals surface area (Å²) in [7, 11) is 0. The maximum Gasteiger partial charge on any atom is 0.308 e. The van der Waals surface area contributed by atoms with Gasteiger partial charge in [-0.15, -0.1) is 0 Å². The average molecular weight is 200 g/mol. The molecule has 0 atom stereocenters. The first-order chi connectivity index (χ1) is 6.68. The third-order valence-electron chi connectivity index (χ3n) is 2.21. The zero-order valence-electron chi connectivity index (χ0n) is 9.84. The number of carbonyl (C=O) groups is 1. The minimum Gasteiger partial charge on any atom is -0.465 e. The van der Waals surface area contributed by atoms with Crippen LogP contribution in [0, 0.1) is 5.92 Å². The van der Waals surface area contributed by atoms with Gasteiger partial charge in [-0.25, -0.2) is 0 Å². The van der Waals surface area contributed by atoms with Gasteiger partial charge in [-0.3, -0.25) is 4.79 Å². The van der Waals surface area contributed by atoms with Gasteiger partial charge in [-0.2, -0.15) is 0 Å². The van der Waals surface area contributed by atoms with E-state index >= 15 is 0 Å². The van der Waals surface area contributed by atoms with Gasteiger partial charge in [0.15, 0.2) is 0 Å². The van der Waals surface area contributed by atoms with Crippen LogP contribution in [0.4, 0.5) is 0 Å². The molecule has 0 rings (SSSR count). The molecule has 0 fully saturated rings. The summed E-state index contributed by atoms with van der Waals surface area (Å²) in [4.78, 5) is 11.1. The molecular formula is C12H24O2. The van der Waals surface area contributed by atoms with Gasteiger partial charge in [0.2, 0.25) is 0 Å². The number of carbonyl (C=O) groups excluding carboxylic acids is 1. The molecular weight excluding hydrogens is 176 g/mol. The highest BCUT2D eigenvalue weighted by atomic mass is 16.5. The molecule has 0 aromatic heterocycles. The lowest BCUT2D eigenvalue weighted by Crippen LogP contribution is -2.12. The fourth-order valence-electron chi connectivity index (χ4n) is 1.22. The molecule has 0 aromatic carbocycles. The van der Waals surface area contributed by atoms with E-state index in [2.05, 4.69) is 6.92 Å². The predicted molar refractivity (Wildman–Crippen MR) is 59.2 cm³/mol. The largest absolute Gasteiger partial charge is 0.465 e. The van der Waals surface area contributed by atoms with Crippen LogP contribution in [0.5, 0.6) is 0 Å². The molecule has 0 spiro atoms. The Hall–Kier alpha value is -0.530. The molecule has 0 saturated carbocycles. The molecule has 0 aliphatic rings. The summed E-state index contributed by atoms with van der Waals surface area (Å²) in [6, 6.07) is 0. The van der Waals surface area contributed by atoms with E-state index in [-0.39, 0.29) is 11.9 Å². The van der Waals surface area contributed by atoms with Gasteiger partial charge in [0.05, 0.1) is 12.5 Å². The monoisotopic (exact) mass is 200 g/mol. The second-order valence-electron chi connectivity index (χ2n) is 4.09. The van der Waals surface area contributed by atoms with Crippen molar-refractivity contribution in [2.45, 2.75) is 59.3 Å². The average Bonchev–Trinajstić information content (AvgIpc) is 2.16. The van der Waals surface area contributed by atoms with Crippen molar-refractivity contribution >= 4 is 5.97 Å². The van der Waals surface area contributed by atoms with Crippen molar-refractivity contribution in [3.8, 4) is 0 Å². The summed E-state index contributed by atoms with van der Waals surface area (Å²) in [5.74, 6) is -0.0614. The number of rotatable bonds is 8. The van der Waals surface area contributed by atoms with Crippen molar-refractivity contribution in [2.24, 2.45) is 5.92 Å². The molecule has 2 heteroatoms. The maximum atomic E-state index is 11.1. The highest BCUT2D eigenvalue weighted by Crippen LogP contribution is 2.05. The first kappa shape index (κ1) is 13.5. The van der Waals surface area contributed by atoms with Gasteiger partial charge in [0.25, 0.3) is 0 Å². The van der Waals surface area contributed by atoms with Gasteiger partial charge in [-0.05, 0) is 6.42 Å². The first-order valence-corrected chi connectivity index (χ1v) is 5.85. The highest BCUT2D eigenvalue weighted by molar-refractivity contribution is 5.71. The Bertz CT molecular complexity index is 141. The molecule has 84 valence electrons.